The van der Waals surface area contributed by atoms with Crippen molar-refractivity contribution in [2.75, 3.05) is 0 Å². The Labute approximate surface area is 135 Å². The van der Waals surface area contributed by atoms with Crippen molar-refractivity contribution in [3.8, 4) is 5.69 Å². The number of hydrogen-bond donors (Lipinski definition) is 0. The first kappa shape index (κ1) is 17.7. The van der Waals surface area contributed by atoms with Gasteiger partial charge in [0.15, 0.2) is 4.80 Å². The number of aryl methyl sites for hydroxylation is 1. The van der Waals surface area contributed by atoms with Crippen LogP contribution in [0.25, 0.3) is 5.69 Å². The number of hydrogen-bond acceptors (Lipinski definition) is 2. The molecule has 0 aliphatic carbocycles. The van der Waals surface area contributed by atoms with Crippen molar-refractivity contribution in [1.29, 1.82) is 0 Å². The van der Waals surface area contributed by atoms with E-state index in [0.29, 0.717) is 4.88 Å². The molecule has 0 spiro atoms. The number of rotatable bonds is 1. The summed E-state index contributed by atoms with van der Waals surface area (Å²) < 4.78 is 76.9. The summed E-state index contributed by atoms with van der Waals surface area (Å²) in [7, 11) is 0. The minimum atomic E-state index is -4.78. The Morgan fingerprint density at radius 3 is 2.39 bits per heavy atom. The minimum absolute atomic E-state index is 0.0490. The third-order valence-corrected chi connectivity index (χ3v) is 3.88. The zero-order valence-corrected chi connectivity index (χ0v) is 13.0. The lowest BCUT2D eigenvalue weighted by Gasteiger charge is -2.09. The second-order valence-corrected chi connectivity index (χ2v) is 6.06. The molecule has 0 radical (unpaired) electrons. The van der Waals surface area contributed by atoms with Gasteiger partial charge in [-0.3, -0.25) is 4.57 Å². The topological polar surface area (TPSA) is 17.3 Å². The first-order valence-electron chi connectivity index (χ1n) is 6.01. The molecule has 1 heterocycles. The van der Waals surface area contributed by atoms with Gasteiger partial charge in [0.1, 0.15) is 0 Å². The third-order valence-electron chi connectivity index (χ3n) is 2.66. The van der Waals surface area contributed by atoms with E-state index in [9.17, 15) is 26.3 Å². The smallest absolute Gasteiger partial charge is 0.292 e. The maximum absolute atomic E-state index is 12.8. The van der Waals surface area contributed by atoms with Crippen LogP contribution in [-0.4, -0.2) is 15.7 Å². The van der Waals surface area contributed by atoms with Crippen LogP contribution in [0.2, 0.25) is 0 Å². The van der Waals surface area contributed by atoms with Crippen LogP contribution in [0.1, 0.15) is 10.4 Å². The zero-order valence-electron chi connectivity index (χ0n) is 11.4. The van der Waals surface area contributed by atoms with E-state index in [-0.39, 0.29) is 10.5 Å². The highest BCUT2D eigenvalue weighted by atomic mass is 32.1. The number of thiocarbonyl (C=S) groups is 1. The Balaban J connectivity index is 2.58. The molecule has 23 heavy (non-hydrogen) atoms. The van der Waals surface area contributed by atoms with Crippen molar-refractivity contribution in [3.63, 3.8) is 0 Å². The Hall–Kier alpha value is -1.68. The zero-order chi connectivity index (χ0) is 17.4. The van der Waals surface area contributed by atoms with Gasteiger partial charge in [0.2, 0.25) is 4.99 Å². The number of aromatic nitrogens is 1. The summed E-state index contributed by atoms with van der Waals surface area (Å²) in [6.45, 7) is 1.60. The van der Waals surface area contributed by atoms with Gasteiger partial charge in [0.25, 0.3) is 0 Å². The minimum Gasteiger partial charge on any atom is -0.292 e. The van der Waals surface area contributed by atoms with Gasteiger partial charge in [-0.1, -0.05) is 18.3 Å². The van der Waals surface area contributed by atoms with E-state index in [1.807, 2.05) is 0 Å². The van der Waals surface area contributed by atoms with Crippen molar-refractivity contribution in [1.82, 2.24) is 4.57 Å². The lowest BCUT2D eigenvalue weighted by molar-refractivity contribution is -0.137. The number of halogens is 6. The molecule has 2 nitrogen and oxygen atoms in total. The largest absolute Gasteiger partial charge is 0.444 e. The maximum Gasteiger partial charge on any atom is 0.444 e. The summed E-state index contributed by atoms with van der Waals surface area (Å²) in [5, 5.41) is 0. The van der Waals surface area contributed by atoms with Crippen LogP contribution in [0.15, 0.2) is 35.5 Å². The van der Waals surface area contributed by atoms with E-state index in [2.05, 4.69) is 17.2 Å². The van der Waals surface area contributed by atoms with E-state index in [1.165, 1.54) is 18.3 Å². The summed E-state index contributed by atoms with van der Waals surface area (Å²) >= 11 is 5.09. The molecule has 0 saturated heterocycles. The highest BCUT2D eigenvalue weighted by molar-refractivity contribution is 7.80. The molecule has 0 saturated carbocycles. The Bertz CT molecular complexity index is 798. The molecular weight excluding hydrogens is 362 g/mol. The Morgan fingerprint density at radius 1 is 1.17 bits per heavy atom. The molecule has 0 unspecified atom stereocenters. The van der Waals surface area contributed by atoms with Gasteiger partial charge in [-0.2, -0.15) is 26.3 Å². The van der Waals surface area contributed by atoms with Crippen LogP contribution in [0.4, 0.5) is 26.3 Å². The van der Waals surface area contributed by atoms with Crippen LogP contribution < -0.4 is 4.80 Å². The molecule has 1 aromatic heterocycles. The standard InChI is InChI=1S/C13H8F6N2S2/c1-7-6-21(11(23-7)20-10(22)13(17,18)19)9-4-2-3-8(5-9)12(14,15)16/h2-6H,1H3. The van der Waals surface area contributed by atoms with Gasteiger partial charge in [0.05, 0.1) is 5.56 Å². The highest BCUT2D eigenvalue weighted by Crippen LogP contribution is 2.30. The van der Waals surface area contributed by atoms with Crippen molar-refractivity contribution in [2.45, 2.75) is 19.3 Å². The van der Waals surface area contributed by atoms with Crippen LogP contribution in [0, 0.1) is 6.92 Å². The Kier molecular flexibility index (Phi) is 4.67. The van der Waals surface area contributed by atoms with Crippen molar-refractivity contribution in [3.05, 3.63) is 45.7 Å². The van der Waals surface area contributed by atoms with Crippen molar-refractivity contribution in [2.24, 2.45) is 4.99 Å². The number of alkyl halides is 6. The monoisotopic (exact) mass is 370 g/mol. The normalized spacial score (nSPS) is 13.4. The fourth-order valence-corrected chi connectivity index (χ4v) is 2.68. The predicted molar refractivity (Wildman–Crippen MR) is 77.6 cm³/mol. The molecule has 1 aromatic carbocycles. The summed E-state index contributed by atoms with van der Waals surface area (Å²) in [5.41, 5.74) is -0.858. The first-order chi connectivity index (χ1) is 10.5. The molecular formula is C13H8F6N2S2. The molecule has 0 atom stereocenters. The van der Waals surface area contributed by atoms with E-state index < -0.39 is 22.9 Å². The molecule has 0 aliphatic rings. The van der Waals surface area contributed by atoms with Crippen LogP contribution >= 0.6 is 23.6 Å². The fourth-order valence-electron chi connectivity index (χ4n) is 1.70. The molecule has 10 heteroatoms. The fraction of sp³-hybridized carbons (Fsp3) is 0.231. The van der Waals surface area contributed by atoms with Crippen molar-refractivity contribution < 1.29 is 26.3 Å². The van der Waals surface area contributed by atoms with E-state index in [0.717, 1.165) is 28.0 Å². The molecule has 0 fully saturated rings. The Morgan fingerprint density at radius 2 is 1.83 bits per heavy atom. The average molecular weight is 370 g/mol. The SMILES string of the molecule is Cc1cn(-c2cccc(C(F)(F)F)c2)c(=NC(=S)C(F)(F)F)s1. The van der Waals surface area contributed by atoms with E-state index in [4.69, 9.17) is 0 Å². The van der Waals surface area contributed by atoms with Gasteiger partial charge >= 0.3 is 12.4 Å². The number of nitrogens with zero attached hydrogens (tertiary/aromatic N) is 2. The van der Waals surface area contributed by atoms with Gasteiger partial charge < -0.3 is 0 Å². The second-order valence-electron chi connectivity index (χ2n) is 4.46. The molecule has 0 N–H and O–H groups in total. The molecule has 124 valence electrons. The van der Waals surface area contributed by atoms with Crippen molar-refractivity contribution >= 4 is 28.5 Å². The molecule has 0 aliphatic heterocycles. The van der Waals surface area contributed by atoms with Gasteiger partial charge in [0, 0.05) is 16.8 Å². The van der Waals surface area contributed by atoms with Crippen LogP contribution in [0.3, 0.4) is 0 Å². The van der Waals surface area contributed by atoms with Gasteiger partial charge in [-0.05, 0) is 25.1 Å². The summed E-state index contributed by atoms with van der Waals surface area (Å²) in [5.74, 6) is 0. The molecule has 0 amide bonds. The lowest BCUT2D eigenvalue weighted by atomic mass is 10.2. The highest BCUT2D eigenvalue weighted by Gasteiger charge is 2.34. The van der Waals surface area contributed by atoms with E-state index in [1.54, 1.807) is 6.92 Å². The predicted octanol–water partition coefficient (Wildman–Crippen LogP) is 4.66. The van der Waals surface area contributed by atoms with Crippen LogP contribution in [0.5, 0.6) is 0 Å². The molecule has 2 aromatic rings. The summed E-state index contributed by atoms with van der Waals surface area (Å²) in [4.78, 5) is 2.27. The summed E-state index contributed by atoms with van der Waals surface area (Å²) in [6.07, 6.45) is -7.93. The van der Waals surface area contributed by atoms with Crippen LogP contribution in [-0.2, 0) is 6.18 Å². The molecule has 0 bridgehead atoms. The maximum atomic E-state index is 12.8. The van der Waals surface area contributed by atoms with E-state index >= 15 is 0 Å². The van der Waals surface area contributed by atoms with Gasteiger partial charge in [-0.15, -0.1) is 11.3 Å². The first-order valence-corrected chi connectivity index (χ1v) is 7.23. The lowest BCUT2D eigenvalue weighted by Crippen LogP contribution is -2.23. The number of thiazole rings is 1. The second kappa shape index (κ2) is 6.08. The molecule has 2 rings (SSSR count). The third kappa shape index (κ3) is 4.20. The average Bonchev–Trinajstić information content (AvgIpc) is 2.78. The summed E-state index contributed by atoms with van der Waals surface area (Å²) in [6, 6.07) is 4.23. The van der Waals surface area contributed by atoms with Gasteiger partial charge in [-0.25, -0.2) is 4.99 Å². The quantitative estimate of drug-likeness (QED) is 0.527. The number of benzene rings is 1.